The number of nitrogens with zero attached hydrogens (tertiary/aromatic N) is 2. The summed E-state index contributed by atoms with van der Waals surface area (Å²) < 4.78 is 2.13. The van der Waals surface area contributed by atoms with Crippen LogP contribution < -0.4 is 5.32 Å². The van der Waals surface area contributed by atoms with Crippen LogP contribution in [0.4, 0.5) is 0 Å². The molecule has 1 N–H and O–H groups in total. The normalized spacial score (nSPS) is 24.7. The van der Waals surface area contributed by atoms with Crippen molar-refractivity contribution in [2.24, 2.45) is 13.0 Å². The molecule has 2 heterocycles. The molecular formula is C16H23N3S. The highest BCUT2D eigenvalue weighted by atomic mass is 32.1. The van der Waals surface area contributed by atoms with Gasteiger partial charge >= 0.3 is 0 Å². The lowest BCUT2D eigenvalue weighted by atomic mass is 9.85. The van der Waals surface area contributed by atoms with E-state index in [1.165, 1.54) is 30.6 Å². The second-order valence-electron chi connectivity index (χ2n) is 5.88. The lowest BCUT2D eigenvalue weighted by molar-refractivity contribution is 0.265. The molecule has 2 aromatic rings. The van der Waals surface area contributed by atoms with Crippen LogP contribution in [0, 0.1) is 5.92 Å². The van der Waals surface area contributed by atoms with Gasteiger partial charge in [0.15, 0.2) is 0 Å². The van der Waals surface area contributed by atoms with Crippen molar-refractivity contribution in [2.75, 3.05) is 0 Å². The molecule has 1 saturated carbocycles. The Hall–Kier alpha value is -1.13. The van der Waals surface area contributed by atoms with Crippen LogP contribution >= 0.6 is 11.3 Å². The summed E-state index contributed by atoms with van der Waals surface area (Å²) in [5.41, 5.74) is 0. The average molecular weight is 289 g/mol. The summed E-state index contributed by atoms with van der Waals surface area (Å²) in [5, 5.41) is 6.03. The second-order valence-corrected chi connectivity index (χ2v) is 6.86. The molecule has 3 rings (SSSR count). The van der Waals surface area contributed by atoms with Gasteiger partial charge in [0.05, 0.1) is 0 Å². The Bertz CT molecular complexity index is 532. The standard InChI is InChI=1S/C16H23N3S/c1-12-6-3-4-7-13(12)18-15(14-8-5-11-20-14)16-17-9-10-19(16)2/h5,8-13,15,18H,3-4,6-7H2,1-2H3. The zero-order chi connectivity index (χ0) is 13.9. The molecule has 3 unspecified atom stereocenters. The van der Waals surface area contributed by atoms with Gasteiger partial charge in [-0.2, -0.15) is 0 Å². The van der Waals surface area contributed by atoms with Gasteiger partial charge in [-0.1, -0.05) is 25.8 Å². The van der Waals surface area contributed by atoms with Crippen molar-refractivity contribution in [3.63, 3.8) is 0 Å². The average Bonchev–Trinajstić information content (AvgIpc) is 3.10. The highest BCUT2D eigenvalue weighted by Gasteiger charge is 2.27. The van der Waals surface area contributed by atoms with E-state index in [0.29, 0.717) is 6.04 Å². The van der Waals surface area contributed by atoms with Crippen LogP contribution in [-0.4, -0.2) is 15.6 Å². The summed E-state index contributed by atoms with van der Waals surface area (Å²) in [5.74, 6) is 1.87. The fourth-order valence-corrected chi connectivity index (χ4v) is 3.95. The van der Waals surface area contributed by atoms with E-state index in [2.05, 4.69) is 46.4 Å². The third kappa shape index (κ3) is 2.81. The minimum Gasteiger partial charge on any atom is -0.336 e. The number of rotatable bonds is 4. The molecule has 1 aliphatic rings. The molecule has 0 bridgehead atoms. The van der Waals surface area contributed by atoms with Gasteiger partial charge in [0, 0.05) is 30.4 Å². The molecule has 1 fully saturated rings. The summed E-state index contributed by atoms with van der Waals surface area (Å²) in [6.45, 7) is 2.38. The van der Waals surface area contributed by atoms with E-state index >= 15 is 0 Å². The summed E-state index contributed by atoms with van der Waals surface area (Å²) in [7, 11) is 2.08. The van der Waals surface area contributed by atoms with Gasteiger partial charge in [0.25, 0.3) is 0 Å². The Morgan fingerprint density at radius 1 is 1.40 bits per heavy atom. The minimum atomic E-state index is 0.223. The quantitative estimate of drug-likeness (QED) is 0.929. The molecular weight excluding hydrogens is 266 g/mol. The number of aryl methyl sites for hydroxylation is 1. The molecule has 0 spiro atoms. The van der Waals surface area contributed by atoms with E-state index in [0.717, 1.165) is 11.7 Å². The molecule has 0 radical (unpaired) electrons. The van der Waals surface area contributed by atoms with Crippen molar-refractivity contribution in [1.29, 1.82) is 0 Å². The molecule has 0 aromatic carbocycles. The Morgan fingerprint density at radius 2 is 2.25 bits per heavy atom. The largest absolute Gasteiger partial charge is 0.336 e. The van der Waals surface area contributed by atoms with Gasteiger partial charge < -0.3 is 4.57 Å². The van der Waals surface area contributed by atoms with Crippen LogP contribution in [-0.2, 0) is 7.05 Å². The maximum atomic E-state index is 4.57. The van der Waals surface area contributed by atoms with Crippen molar-refractivity contribution in [1.82, 2.24) is 14.9 Å². The smallest absolute Gasteiger partial charge is 0.131 e. The molecule has 0 saturated heterocycles. The highest BCUT2D eigenvalue weighted by molar-refractivity contribution is 7.10. The van der Waals surface area contributed by atoms with Crippen molar-refractivity contribution in [3.8, 4) is 0 Å². The van der Waals surface area contributed by atoms with E-state index < -0.39 is 0 Å². The molecule has 0 aliphatic heterocycles. The molecule has 3 atom stereocenters. The maximum Gasteiger partial charge on any atom is 0.131 e. The number of hydrogen-bond donors (Lipinski definition) is 1. The topological polar surface area (TPSA) is 29.9 Å². The zero-order valence-corrected chi connectivity index (χ0v) is 13.1. The van der Waals surface area contributed by atoms with E-state index in [-0.39, 0.29) is 6.04 Å². The van der Waals surface area contributed by atoms with Crippen LogP contribution in [0.1, 0.15) is 49.4 Å². The Morgan fingerprint density at radius 3 is 2.90 bits per heavy atom. The van der Waals surface area contributed by atoms with Crippen LogP contribution in [0.25, 0.3) is 0 Å². The fourth-order valence-electron chi connectivity index (χ4n) is 3.17. The maximum absolute atomic E-state index is 4.57. The number of hydrogen-bond acceptors (Lipinski definition) is 3. The molecule has 20 heavy (non-hydrogen) atoms. The van der Waals surface area contributed by atoms with Crippen LogP contribution in [0.15, 0.2) is 29.9 Å². The molecule has 3 nitrogen and oxygen atoms in total. The number of nitrogens with one attached hydrogen (secondary N) is 1. The van der Waals surface area contributed by atoms with E-state index in [1.54, 1.807) is 0 Å². The minimum absolute atomic E-state index is 0.223. The van der Waals surface area contributed by atoms with Crippen LogP contribution in [0.5, 0.6) is 0 Å². The van der Waals surface area contributed by atoms with Gasteiger partial charge in [-0.15, -0.1) is 11.3 Å². The Balaban J connectivity index is 1.85. The van der Waals surface area contributed by atoms with E-state index in [4.69, 9.17) is 0 Å². The molecule has 0 amide bonds. The first kappa shape index (κ1) is 13.8. The number of aromatic nitrogens is 2. The molecule has 1 aliphatic carbocycles. The van der Waals surface area contributed by atoms with Crippen molar-refractivity contribution in [2.45, 2.75) is 44.7 Å². The Kier molecular flexibility index (Phi) is 4.22. The fraction of sp³-hybridized carbons (Fsp3) is 0.562. The molecule has 108 valence electrons. The van der Waals surface area contributed by atoms with Gasteiger partial charge in [0.2, 0.25) is 0 Å². The number of imidazole rings is 1. The van der Waals surface area contributed by atoms with Gasteiger partial charge in [-0.3, -0.25) is 5.32 Å². The predicted octanol–water partition coefficient (Wildman–Crippen LogP) is 3.74. The first-order chi connectivity index (χ1) is 9.75. The predicted molar refractivity (Wildman–Crippen MR) is 83.9 cm³/mol. The van der Waals surface area contributed by atoms with Gasteiger partial charge in [-0.05, 0) is 30.2 Å². The first-order valence-electron chi connectivity index (χ1n) is 7.52. The van der Waals surface area contributed by atoms with Crippen LogP contribution in [0.3, 0.4) is 0 Å². The van der Waals surface area contributed by atoms with Gasteiger partial charge in [0.1, 0.15) is 11.9 Å². The van der Waals surface area contributed by atoms with Crippen molar-refractivity contribution >= 4 is 11.3 Å². The number of thiophene rings is 1. The SMILES string of the molecule is CC1CCCCC1NC(c1cccs1)c1nccn1C. The van der Waals surface area contributed by atoms with Gasteiger partial charge in [-0.25, -0.2) is 4.98 Å². The third-order valence-corrected chi connectivity index (χ3v) is 5.37. The van der Waals surface area contributed by atoms with Crippen LogP contribution in [0.2, 0.25) is 0 Å². The van der Waals surface area contributed by atoms with E-state index in [1.807, 2.05) is 23.7 Å². The summed E-state index contributed by atoms with van der Waals surface area (Å²) in [6.07, 6.45) is 9.28. The lowest BCUT2D eigenvalue weighted by Gasteiger charge is -2.33. The summed E-state index contributed by atoms with van der Waals surface area (Å²) >= 11 is 1.81. The summed E-state index contributed by atoms with van der Waals surface area (Å²) in [4.78, 5) is 5.93. The zero-order valence-electron chi connectivity index (χ0n) is 12.2. The monoisotopic (exact) mass is 289 g/mol. The van der Waals surface area contributed by atoms with E-state index in [9.17, 15) is 0 Å². The highest BCUT2D eigenvalue weighted by Crippen LogP contribution is 2.30. The molecule has 4 heteroatoms. The molecule has 2 aromatic heterocycles. The first-order valence-corrected chi connectivity index (χ1v) is 8.40. The van der Waals surface area contributed by atoms with Crippen molar-refractivity contribution in [3.05, 3.63) is 40.6 Å². The third-order valence-electron chi connectivity index (χ3n) is 4.44. The lowest BCUT2D eigenvalue weighted by Crippen LogP contribution is -2.40. The second kappa shape index (κ2) is 6.10. The summed E-state index contributed by atoms with van der Waals surface area (Å²) in [6, 6.07) is 5.17. The Labute approximate surface area is 125 Å². The van der Waals surface area contributed by atoms with Crippen molar-refractivity contribution < 1.29 is 0 Å².